The van der Waals surface area contributed by atoms with Gasteiger partial charge >= 0.3 is 0 Å². The lowest BCUT2D eigenvalue weighted by Gasteiger charge is -2.16. The molecule has 26 heavy (non-hydrogen) atoms. The quantitative estimate of drug-likeness (QED) is 0.587. The van der Waals surface area contributed by atoms with Gasteiger partial charge in [-0.25, -0.2) is 4.68 Å². The molecule has 0 aliphatic rings. The molecule has 2 aromatic carbocycles. The number of ether oxygens (including phenoxy) is 1. The highest BCUT2D eigenvalue weighted by atomic mass is 35.5. The molecule has 0 saturated carbocycles. The lowest BCUT2D eigenvalue weighted by molar-refractivity contribution is 0.244. The molecule has 0 amide bonds. The first kappa shape index (κ1) is 18.6. The van der Waals surface area contributed by atoms with Crippen LogP contribution in [0.4, 0.5) is 0 Å². The van der Waals surface area contributed by atoms with Crippen LogP contribution in [0.3, 0.4) is 0 Å². The van der Waals surface area contributed by atoms with E-state index in [0.717, 1.165) is 28.7 Å². The number of hydrogen-bond donors (Lipinski definition) is 0. The van der Waals surface area contributed by atoms with Crippen LogP contribution >= 0.6 is 23.8 Å². The highest BCUT2D eigenvalue weighted by molar-refractivity contribution is 7.71. The lowest BCUT2D eigenvalue weighted by Crippen LogP contribution is -2.22. The molecule has 0 aliphatic heterocycles. The zero-order valence-corrected chi connectivity index (χ0v) is 16.6. The fraction of sp³-hybridized carbons (Fsp3) is 0.263. The fourth-order valence-electron chi connectivity index (χ4n) is 2.75. The minimum absolute atomic E-state index is 0.603. The fourth-order valence-corrected chi connectivity index (χ4v) is 3.06. The highest BCUT2D eigenvalue weighted by Gasteiger charge is 2.12. The van der Waals surface area contributed by atoms with Crippen molar-refractivity contribution in [1.82, 2.24) is 19.2 Å². The number of nitrogens with zero attached hydrogens (tertiary/aromatic N) is 4. The van der Waals surface area contributed by atoms with Gasteiger partial charge in [0.2, 0.25) is 0 Å². The maximum Gasteiger partial charge on any atom is 0.199 e. The van der Waals surface area contributed by atoms with Crippen molar-refractivity contribution in [2.45, 2.75) is 13.2 Å². The van der Waals surface area contributed by atoms with E-state index < -0.39 is 0 Å². The van der Waals surface area contributed by atoms with Gasteiger partial charge in [-0.1, -0.05) is 23.7 Å². The summed E-state index contributed by atoms with van der Waals surface area (Å²) in [5.41, 5.74) is 2.19. The number of aromatic nitrogens is 3. The Morgan fingerprint density at radius 1 is 1.12 bits per heavy atom. The summed E-state index contributed by atoms with van der Waals surface area (Å²) in [5, 5.41) is 5.45. The predicted molar refractivity (Wildman–Crippen MR) is 107 cm³/mol. The SMILES string of the molecule is COc1ccc(-c2nn(CN(C)Cc3ccc(Cl)cc3)c(=S)n2C)cc1. The maximum absolute atomic E-state index is 5.94. The van der Waals surface area contributed by atoms with E-state index in [4.69, 9.17) is 33.7 Å². The third-order valence-electron chi connectivity index (χ3n) is 4.13. The lowest BCUT2D eigenvalue weighted by atomic mass is 10.2. The summed E-state index contributed by atoms with van der Waals surface area (Å²) >= 11 is 11.5. The Morgan fingerprint density at radius 3 is 2.38 bits per heavy atom. The van der Waals surface area contributed by atoms with Gasteiger partial charge in [-0.3, -0.25) is 4.90 Å². The zero-order chi connectivity index (χ0) is 18.7. The first-order valence-electron chi connectivity index (χ1n) is 8.19. The third-order valence-corrected chi connectivity index (χ3v) is 4.87. The molecule has 1 aromatic heterocycles. The van der Waals surface area contributed by atoms with Crippen LogP contribution in [0.25, 0.3) is 11.4 Å². The van der Waals surface area contributed by atoms with Crippen LogP contribution in [0.5, 0.6) is 5.75 Å². The second-order valence-electron chi connectivity index (χ2n) is 6.18. The van der Waals surface area contributed by atoms with Crippen molar-refractivity contribution in [3.63, 3.8) is 0 Å². The second kappa shape index (κ2) is 8.03. The molecule has 0 N–H and O–H groups in total. The van der Waals surface area contributed by atoms with Crippen LogP contribution in [0, 0.1) is 4.77 Å². The van der Waals surface area contributed by atoms with Gasteiger partial charge < -0.3 is 9.30 Å². The average Bonchev–Trinajstić information content (AvgIpc) is 2.92. The molecule has 0 atom stereocenters. The minimum atomic E-state index is 0.603. The summed E-state index contributed by atoms with van der Waals surface area (Å²) in [6.45, 7) is 1.39. The van der Waals surface area contributed by atoms with Crippen LogP contribution in [0.2, 0.25) is 5.02 Å². The first-order valence-corrected chi connectivity index (χ1v) is 8.98. The number of benzene rings is 2. The Bertz CT molecular complexity index is 932. The number of rotatable bonds is 6. The van der Waals surface area contributed by atoms with Crippen molar-refractivity contribution in [1.29, 1.82) is 0 Å². The predicted octanol–water partition coefficient (Wildman–Crippen LogP) is 4.37. The topological polar surface area (TPSA) is 35.2 Å². The molecule has 3 aromatic rings. The Labute approximate surface area is 163 Å². The molecule has 0 saturated heterocycles. The van der Waals surface area contributed by atoms with E-state index in [1.165, 1.54) is 5.56 Å². The highest BCUT2D eigenvalue weighted by Crippen LogP contribution is 2.21. The van der Waals surface area contributed by atoms with Crippen molar-refractivity contribution in [3.8, 4) is 17.1 Å². The molecule has 0 fully saturated rings. The number of halogens is 1. The van der Waals surface area contributed by atoms with E-state index in [1.54, 1.807) is 7.11 Å². The molecule has 0 bridgehead atoms. The van der Waals surface area contributed by atoms with Gasteiger partial charge in [0.15, 0.2) is 10.6 Å². The summed E-state index contributed by atoms with van der Waals surface area (Å²) in [4.78, 5) is 2.16. The van der Waals surface area contributed by atoms with Gasteiger partial charge in [-0.15, -0.1) is 0 Å². The summed E-state index contributed by atoms with van der Waals surface area (Å²) in [6.07, 6.45) is 0. The van der Waals surface area contributed by atoms with Gasteiger partial charge in [-0.2, -0.15) is 5.10 Å². The van der Waals surface area contributed by atoms with Gasteiger partial charge in [0, 0.05) is 24.2 Å². The molecular weight excluding hydrogens is 368 g/mol. The van der Waals surface area contributed by atoms with Crippen molar-refractivity contribution < 1.29 is 4.74 Å². The molecule has 7 heteroatoms. The van der Waals surface area contributed by atoms with Crippen LogP contribution < -0.4 is 4.74 Å². The third kappa shape index (κ3) is 4.15. The van der Waals surface area contributed by atoms with Crippen molar-refractivity contribution in [2.24, 2.45) is 7.05 Å². The van der Waals surface area contributed by atoms with Crippen molar-refractivity contribution >= 4 is 23.8 Å². The molecule has 0 unspecified atom stereocenters. The summed E-state index contributed by atoms with van der Waals surface area (Å²) in [5.74, 6) is 1.65. The van der Waals surface area contributed by atoms with Crippen molar-refractivity contribution in [2.75, 3.05) is 14.2 Å². The zero-order valence-electron chi connectivity index (χ0n) is 15.0. The van der Waals surface area contributed by atoms with E-state index in [9.17, 15) is 0 Å². The second-order valence-corrected chi connectivity index (χ2v) is 6.98. The standard InChI is InChI=1S/C19H21ClN4OS/c1-22(12-14-4-8-16(20)9-5-14)13-24-19(26)23(2)18(21-24)15-6-10-17(25-3)11-7-15/h4-11H,12-13H2,1-3H3. The molecule has 3 rings (SSSR count). The summed E-state index contributed by atoms with van der Waals surface area (Å²) in [6, 6.07) is 15.7. The maximum atomic E-state index is 5.94. The molecule has 136 valence electrons. The molecule has 0 aliphatic carbocycles. The van der Waals surface area contributed by atoms with E-state index in [-0.39, 0.29) is 0 Å². The van der Waals surface area contributed by atoms with E-state index in [0.29, 0.717) is 11.4 Å². The largest absolute Gasteiger partial charge is 0.497 e. The van der Waals surface area contributed by atoms with Crippen LogP contribution in [0.15, 0.2) is 48.5 Å². The Morgan fingerprint density at radius 2 is 1.77 bits per heavy atom. The van der Waals surface area contributed by atoms with E-state index in [1.807, 2.05) is 71.9 Å². The number of hydrogen-bond acceptors (Lipinski definition) is 4. The normalized spacial score (nSPS) is 11.1. The van der Waals surface area contributed by atoms with Crippen LogP contribution in [0.1, 0.15) is 5.56 Å². The van der Waals surface area contributed by atoms with Crippen LogP contribution in [-0.2, 0) is 20.3 Å². The van der Waals surface area contributed by atoms with Gasteiger partial charge in [0.05, 0.1) is 13.8 Å². The van der Waals surface area contributed by atoms with Crippen LogP contribution in [-0.4, -0.2) is 33.4 Å². The molecule has 5 nitrogen and oxygen atoms in total. The Kier molecular flexibility index (Phi) is 5.76. The van der Waals surface area contributed by atoms with Gasteiger partial charge in [-0.05, 0) is 61.2 Å². The Balaban J connectivity index is 1.78. The van der Waals surface area contributed by atoms with Gasteiger partial charge in [0.1, 0.15) is 5.75 Å². The monoisotopic (exact) mass is 388 g/mol. The average molecular weight is 389 g/mol. The smallest absolute Gasteiger partial charge is 0.199 e. The minimum Gasteiger partial charge on any atom is -0.497 e. The van der Waals surface area contributed by atoms with Gasteiger partial charge in [0.25, 0.3) is 0 Å². The molecule has 1 heterocycles. The number of methoxy groups -OCH3 is 1. The summed E-state index contributed by atoms with van der Waals surface area (Å²) in [7, 11) is 5.63. The summed E-state index contributed by atoms with van der Waals surface area (Å²) < 4.78 is 9.65. The van der Waals surface area contributed by atoms with E-state index >= 15 is 0 Å². The Hall–Kier alpha value is -2.15. The molecular formula is C19H21ClN4OS. The first-order chi connectivity index (χ1) is 12.5. The van der Waals surface area contributed by atoms with E-state index in [2.05, 4.69) is 4.90 Å². The molecule has 0 spiro atoms. The van der Waals surface area contributed by atoms with Crippen molar-refractivity contribution in [3.05, 3.63) is 63.9 Å². The molecule has 0 radical (unpaired) electrons.